The Morgan fingerprint density at radius 1 is 1.31 bits per heavy atom. The molecule has 1 aromatic rings. The third kappa shape index (κ3) is 2.74. The standard InChI is InChI=1S/C11H17NO/c1-11(2,8-12)7-9-5-3-4-6-10(9)13/h3-6,13H,7-8,12H2,1-2H3. The molecule has 0 unspecified atom stereocenters. The largest absolute Gasteiger partial charge is 0.508 e. The average molecular weight is 179 g/mol. The molecule has 72 valence electrons. The lowest BCUT2D eigenvalue weighted by molar-refractivity contribution is 0.366. The smallest absolute Gasteiger partial charge is 0.118 e. The first-order valence-corrected chi connectivity index (χ1v) is 4.52. The molecule has 0 fully saturated rings. The maximum Gasteiger partial charge on any atom is 0.118 e. The van der Waals surface area contributed by atoms with Gasteiger partial charge in [-0.05, 0) is 30.0 Å². The number of benzene rings is 1. The second kappa shape index (κ2) is 3.79. The Morgan fingerprint density at radius 2 is 1.92 bits per heavy atom. The van der Waals surface area contributed by atoms with Crippen molar-refractivity contribution in [2.45, 2.75) is 20.3 Å². The molecule has 0 radical (unpaired) electrons. The van der Waals surface area contributed by atoms with E-state index in [1.807, 2.05) is 18.2 Å². The van der Waals surface area contributed by atoms with Crippen molar-refractivity contribution < 1.29 is 5.11 Å². The van der Waals surface area contributed by atoms with Gasteiger partial charge < -0.3 is 10.8 Å². The third-order valence-corrected chi connectivity index (χ3v) is 2.21. The zero-order valence-electron chi connectivity index (χ0n) is 8.25. The van der Waals surface area contributed by atoms with Crippen LogP contribution in [0, 0.1) is 5.41 Å². The molecular weight excluding hydrogens is 162 g/mol. The van der Waals surface area contributed by atoms with Gasteiger partial charge in [-0.15, -0.1) is 0 Å². The maximum absolute atomic E-state index is 9.53. The van der Waals surface area contributed by atoms with Crippen molar-refractivity contribution >= 4 is 0 Å². The SMILES string of the molecule is CC(C)(CN)Cc1ccccc1O. The van der Waals surface area contributed by atoms with Crippen LogP contribution in [0.2, 0.25) is 0 Å². The molecule has 0 heterocycles. The Morgan fingerprint density at radius 3 is 2.46 bits per heavy atom. The molecule has 2 heteroatoms. The van der Waals surface area contributed by atoms with Crippen molar-refractivity contribution in [1.29, 1.82) is 0 Å². The van der Waals surface area contributed by atoms with Crippen molar-refractivity contribution in [1.82, 2.24) is 0 Å². The summed E-state index contributed by atoms with van der Waals surface area (Å²) in [5.41, 5.74) is 6.65. The van der Waals surface area contributed by atoms with Crippen molar-refractivity contribution in [3.63, 3.8) is 0 Å². The summed E-state index contributed by atoms with van der Waals surface area (Å²) in [5, 5.41) is 9.53. The van der Waals surface area contributed by atoms with Crippen LogP contribution >= 0.6 is 0 Å². The van der Waals surface area contributed by atoms with E-state index in [4.69, 9.17) is 5.73 Å². The van der Waals surface area contributed by atoms with Crippen molar-refractivity contribution in [3.8, 4) is 5.75 Å². The summed E-state index contributed by atoms with van der Waals surface area (Å²) in [7, 11) is 0. The first-order valence-electron chi connectivity index (χ1n) is 4.52. The molecule has 0 saturated heterocycles. The molecule has 2 nitrogen and oxygen atoms in total. The zero-order valence-corrected chi connectivity index (χ0v) is 8.25. The minimum atomic E-state index is 0.0544. The predicted octanol–water partition coefficient (Wildman–Crippen LogP) is 1.92. The van der Waals surface area contributed by atoms with Gasteiger partial charge in [0.2, 0.25) is 0 Å². The van der Waals surface area contributed by atoms with E-state index in [1.165, 1.54) is 0 Å². The fourth-order valence-electron chi connectivity index (χ4n) is 1.25. The number of hydrogen-bond donors (Lipinski definition) is 2. The van der Waals surface area contributed by atoms with Crippen molar-refractivity contribution in [2.24, 2.45) is 11.1 Å². The van der Waals surface area contributed by atoms with Gasteiger partial charge in [-0.25, -0.2) is 0 Å². The van der Waals surface area contributed by atoms with Gasteiger partial charge in [0.15, 0.2) is 0 Å². The van der Waals surface area contributed by atoms with Crippen LogP contribution in [0.15, 0.2) is 24.3 Å². The topological polar surface area (TPSA) is 46.2 Å². The summed E-state index contributed by atoms with van der Waals surface area (Å²) in [6.45, 7) is 4.82. The maximum atomic E-state index is 9.53. The molecule has 0 atom stereocenters. The lowest BCUT2D eigenvalue weighted by Gasteiger charge is -2.22. The number of hydrogen-bond acceptors (Lipinski definition) is 2. The number of nitrogens with two attached hydrogens (primary N) is 1. The van der Waals surface area contributed by atoms with E-state index in [-0.39, 0.29) is 5.41 Å². The Labute approximate surface area is 79.4 Å². The van der Waals surface area contributed by atoms with Gasteiger partial charge in [0, 0.05) is 0 Å². The minimum absolute atomic E-state index is 0.0544. The van der Waals surface area contributed by atoms with Gasteiger partial charge >= 0.3 is 0 Å². The highest BCUT2D eigenvalue weighted by atomic mass is 16.3. The van der Waals surface area contributed by atoms with E-state index in [9.17, 15) is 5.11 Å². The predicted molar refractivity (Wildman–Crippen MR) is 54.6 cm³/mol. The van der Waals surface area contributed by atoms with Gasteiger partial charge in [-0.1, -0.05) is 32.0 Å². The van der Waals surface area contributed by atoms with Crippen molar-refractivity contribution in [3.05, 3.63) is 29.8 Å². The van der Waals surface area contributed by atoms with Gasteiger partial charge in [-0.2, -0.15) is 0 Å². The Bertz CT molecular complexity index is 281. The number of phenols is 1. The molecule has 0 saturated carbocycles. The first-order chi connectivity index (χ1) is 6.05. The first kappa shape index (κ1) is 10.1. The second-order valence-corrected chi connectivity index (χ2v) is 4.17. The van der Waals surface area contributed by atoms with Crippen molar-refractivity contribution in [2.75, 3.05) is 6.54 Å². The molecule has 0 aliphatic carbocycles. The molecule has 0 aliphatic rings. The van der Waals surface area contributed by atoms with E-state index in [2.05, 4.69) is 13.8 Å². The van der Waals surface area contributed by atoms with Crippen LogP contribution in [-0.4, -0.2) is 11.7 Å². The quantitative estimate of drug-likeness (QED) is 0.744. The fraction of sp³-hybridized carbons (Fsp3) is 0.455. The molecular formula is C11H17NO. The fourth-order valence-corrected chi connectivity index (χ4v) is 1.25. The molecule has 1 aromatic carbocycles. The Kier molecular flexibility index (Phi) is 2.94. The van der Waals surface area contributed by atoms with Gasteiger partial charge in [0.1, 0.15) is 5.75 Å². The molecule has 1 rings (SSSR count). The molecule has 0 aliphatic heterocycles. The monoisotopic (exact) mass is 179 g/mol. The Balaban J connectivity index is 2.80. The highest BCUT2D eigenvalue weighted by Crippen LogP contribution is 2.25. The van der Waals surface area contributed by atoms with Gasteiger partial charge in [0.05, 0.1) is 0 Å². The van der Waals surface area contributed by atoms with E-state index >= 15 is 0 Å². The number of rotatable bonds is 3. The normalized spacial score (nSPS) is 11.6. The highest BCUT2D eigenvalue weighted by molar-refractivity contribution is 5.32. The molecule has 0 amide bonds. The summed E-state index contributed by atoms with van der Waals surface area (Å²) in [6.07, 6.45) is 0.816. The number of para-hydroxylation sites is 1. The zero-order chi connectivity index (χ0) is 9.90. The van der Waals surface area contributed by atoms with Gasteiger partial charge in [0.25, 0.3) is 0 Å². The van der Waals surface area contributed by atoms with Crippen LogP contribution in [0.5, 0.6) is 5.75 Å². The summed E-state index contributed by atoms with van der Waals surface area (Å²) in [4.78, 5) is 0. The summed E-state index contributed by atoms with van der Waals surface area (Å²) >= 11 is 0. The van der Waals surface area contributed by atoms with Crippen LogP contribution in [0.1, 0.15) is 19.4 Å². The third-order valence-electron chi connectivity index (χ3n) is 2.21. The lowest BCUT2D eigenvalue weighted by Crippen LogP contribution is -2.25. The highest BCUT2D eigenvalue weighted by Gasteiger charge is 2.17. The van der Waals surface area contributed by atoms with E-state index in [0.29, 0.717) is 12.3 Å². The van der Waals surface area contributed by atoms with Crippen LogP contribution in [-0.2, 0) is 6.42 Å². The van der Waals surface area contributed by atoms with Gasteiger partial charge in [-0.3, -0.25) is 0 Å². The van der Waals surface area contributed by atoms with Crippen LogP contribution in [0.25, 0.3) is 0 Å². The van der Waals surface area contributed by atoms with E-state index in [0.717, 1.165) is 12.0 Å². The molecule has 0 bridgehead atoms. The summed E-state index contributed by atoms with van der Waals surface area (Å²) in [5.74, 6) is 0.365. The molecule has 13 heavy (non-hydrogen) atoms. The van der Waals surface area contributed by atoms with Crippen LogP contribution in [0.4, 0.5) is 0 Å². The number of aromatic hydroxyl groups is 1. The lowest BCUT2D eigenvalue weighted by atomic mass is 9.86. The molecule has 0 spiro atoms. The Hall–Kier alpha value is -1.02. The minimum Gasteiger partial charge on any atom is -0.508 e. The molecule has 0 aromatic heterocycles. The van der Waals surface area contributed by atoms with Crippen LogP contribution in [0.3, 0.4) is 0 Å². The average Bonchev–Trinajstić information content (AvgIpc) is 2.09. The molecule has 3 N–H and O–H groups in total. The number of phenolic OH excluding ortho intramolecular Hbond substituents is 1. The summed E-state index contributed by atoms with van der Waals surface area (Å²) in [6, 6.07) is 7.41. The van der Waals surface area contributed by atoms with E-state index < -0.39 is 0 Å². The van der Waals surface area contributed by atoms with E-state index in [1.54, 1.807) is 6.07 Å². The summed E-state index contributed by atoms with van der Waals surface area (Å²) < 4.78 is 0. The van der Waals surface area contributed by atoms with Crippen LogP contribution < -0.4 is 5.73 Å². The second-order valence-electron chi connectivity index (χ2n) is 4.17.